The van der Waals surface area contributed by atoms with Gasteiger partial charge >= 0.3 is 5.97 Å². The number of nitrogens with two attached hydrogens (primary N) is 1. The maximum absolute atomic E-state index is 11.7. The van der Waals surface area contributed by atoms with E-state index in [0.29, 0.717) is 26.0 Å². The van der Waals surface area contributed by atoms with Crippen LogP contribution in [0.3, 0.4) is 0 Å². The number of carboxylic acids is 1. The first kappa shape index (κ1) is 18.1. The summed E-state index contributed by atoms with van der Waals surface area (Å²) in [6.07, 6.45) is 1.76. The van der Waals surface area contributed by atoms with Crippen LogP contribution in [0, 0.1) is 0 Å². The Morgan fingerprint density at radius 3 is 2.59 bits per heavy atom. The number of carboxylic acid groups (broad SMARTS) is 1. The van der Waals surface area contributed by atoms with Gasteiger partial charge in [0.05, 0.1) is 13.2 Å². The molecule has 0 unspecified atom stereocenters. The summed E-state index contributed by atoms with van der Waals surface area (Å²) in [6.45, 7) is 0.732. The highest BCUT2D eigenvalue weighted by molar-refractivity contribution is 5.84. The van der Waals surface area contributed by atoms with E-state index in [0.717, 1.165) is 12.0 Å². The van der Waals surface area contributed by atoms with Crippen molar-refractivity contribution in [3.8, 4) is 0 Å². The van der Waals surface area contributed by atoms with Crippen molar-refractivity contribution in [2.75, 3.05) is 13.1 Å². The van der Waals surface area contributed by atoms with Crippen LogP contribution in [0.15, 0.2) is 30.3 Å². The Balaban J connectivity index is 2.21. The third-order valence-corrected chi connectivity index (χ3v) is 3.00. The molecule has 0 heterocycles. The van der Waals surface area contributed by atoms with Gasteiger partial charge in [-0.15, -0.1) is 0 Å². The lowest BCUT2D eigenvalue weighted by Crippen LogP contribution is -2.44. The lowest BCUT2D eigenvalue weighted by molar-refractivity contribution is -0.142. The fourth-order valence-electron chi connectivity index (χ4n) is 1.82. The Labute approximate surface area is 129 Å². The van der Waals surface area contributed by atoms with Crippen molar-refractivity contribution in [1.82, 2.24) is 10.8 Å². The van der Waals surface area contributed by atoms with Gasteiger partial charge in [-0.3, -0.25) is 9.63 Å². The van der Waals surface area contributed by atoms with Crippen LogP contribution in [0.2, 0.25) is 0 Å². The molecular weight excluding hydrogens is 286 g/mol. The summed E-state index contributed by atoms with van der Waals surface area (Å²) in [5, 5.41) is 11.5. The summed E-state index contributed by atoms with van der Waals surface area (Å²) in [5.41, 5.74) is 8.85. The Hall–Kier alpha value is -1.96. The van der Waals surface area contributed by atoms with Crippen LogP contribution >= 0.6 is 0 Å². The van der Waals surface area contributed by atoms with Gasteiger partial charge in [-0.1, -0.05) is 30.3 Å². The van der Waals surface area contributed by atoms with Crippen molar-refractivity contribution in [3.63, 3.8) is 0 Å². The first-order valence-corrected chi connectivity index (χ1v) is 7.24. The van der Waals surface area contributed by atoms with E-state index in [4.69, 9.17) is 15.7 Å². The van der Waals surface area contributed by atoms with Crippen molar-refractivity contribution in [2.45, 2.75) is 31.9 Å². The Kier molecular flexibility index (Phi) is 8.82. The zero-order valence-corrected chi connectivity index (χ0v) is 12.5. The summed E-state index contributed by atoms with van der Waals surface area (Å²) in [7, 11) is 0. The van der Waals surface area contributed by atoms with Gasteiger partial charge in [-0.2, -0.15) is 5.48 Å². The molecule has 0 aliphatic carbocycles. The highest BCUT2D eigenvalue weighted by Crippen LogP contribution is 2.01. The molecule has 0 saturated carbocycles. The monoisotopic (exact) mass is 309 g/mol. The third-order valence-electron chi connectivity index (χ3n) is 3.00. The maximum atomic E-state index is 11.7. The lowest BCUT2D eigenvalue weighted by atomic mass is 10.1. The number of rotatable bonds is 11. The largest absolute Gasteiger partial charge is 0.480 e. The average Bonchev–Trinajstić information content (AvgIpc) is 2.51. The molecule has 0 aliphatic rings. The third kappa shape index (κ3) is 7.72. The molecule has 0 spiro atoms. The van der Waals surface area contributed by atoms with Crippen molar-refractivity contribution < 1.29 is 19.5 Å². The molecule has 1 rings (SSSR count). The van der Waals surface area contributed by atoms with Crippen molar-refractivity contribution in [3.05, 3.63) is 35.9 Å². The van der Waals surface area contributed by atoms with E-state index in [1.54, 1.807) is 0 Å². The van der Waals surface area contributed by atoms with Gasteiger partial charge in [-0.25, -0.2) is 4.79 Å². The number of hydroxylamine groups is 1. The van der Waals surface area contributed by atoms with Crippen molar-refractivity contribution in [1.29, 1.82) is 0 Å². The van der Waals surface area contributed by atoms with Crippen LogP contribution < -0.4 is 16.5 Å². The average molecular weight is 309 g/mol. The number of carbonyl (C=O) groups excluding carboxylic acids is 1. The van der Waals surface area contributed by atoms with Crippen LogP contribution in [0.5, 0.6) is 0 Å². The van der Waals surface area contributed by atoms with E-state index in [-0.39, 0.29) is 6.54 Å². The minimum Gasteiger partial charge on any atom is -0.480 e. The maximum Gasteiger partial charge on any atom is 0.326 e. The molecule has 7 heteroatoms. The molecule has 0 aromatic heterocycles. The summed E-state index contributed by atoms with van der Waals surface area (Å²) >= 11 is 0. The molecule has 1 amide bonds. The quantitative estimate of drug-likeness (QED) is 0.348. The molecule has 1 atom stereocenters. The van der Waals surface area contributed by atoms with Crippen LogP contribution in [-0.2, 0) is 21.0 Å². The highest BCUT2D eigenvalue weighted by atomic mass is 16.6. The topological polar surface area (TPSA) is 114 Å². The Morgan fingerprint density at radius 1 is 1.23 bits per heavy atom. The zero-order chi connectivity index (χ0) is 16.2. The van der Waals surface area contributed by atoms with Gasteiger partial charge in [0.2, 0.25) is 5.91 Å². The predicted molar refractivity (Wildman–Crippen MR) is 81.7 cm³/mol. The number of unbranched alkanes of at least 4 members (excludes halogenated alkanes) is 1. The first-order valence-electron chi connectivity index (χ1n) is 7.24. The lowest BCUT2D eigenvalue weighted by Gasteiger charge is -2.14. The number of hydrogen-bond acceptors (Lipinski definition) is 5. The molecule has 0 fully saturated rings. The van der Waals surface area contributed by atoms with Crippen LogP contribution in [-0.4, -0.2) is 36.1 Å². The SMILES string of the molecule is NCCCC[C@H](NC(=O)CNOCc1ccccc1)C(=O)O. The fraction of sp³-hybridized carbons (Fsp3) is 0.467. The number of nitrogens with one attached hydrogen (secondary N) is 2. The molecule has 1 aromatic rings. The fourth-order valence-corrected chi connectivity index (χ4v) is 1.82. The number of amides is 1. The van der Waals surface area contributed by atoms with Gasteiger partial charge in [0.1, 0.15) is 6.04 Å². The molecule has 0 saturated heterocycles. The van der Waals surface area contributed by atoms with Crippen LogP contribution in [0.4, 0.5) is 0 Å². The summed E-state index contributed by atoms with van der Waals surface area (Å²) < 4.78 is 0. The highest BCUT2D eigenvalue weighted by Gasteiger charge is 2.18. The van der Waals surface area contributed by atoms with Gasteiger partial charge in [0.25, 0.3) is 0 Å². The van der Waals surface area contributed by atoms with E-state index in [2.05, 4.69) is 10.8 Å². The summed E-state index contributed by atoms with van der Waals surface area (Å²) in [6, 6.07) is 8.60. The van der Waals surface area contributed by atoms with Crippen LogP contribution in [0.25, 0.3) is 0 Å². The molecule has 122 valence electrons. The van der Waals surface area contributed by atoms with E-state index in [1.807, 2.05) is 30.3 Å². The van der Waals surface area contributed by atoms with Gasteiger partial charge in [0, 0.05) is 0 Å². The number of benzene rings is 1. The molecule has 7 nitrogen and oxygen atoms in total. The molecule has 22 heavy (non-hydrogen) atoms. The molecule has 1 aromatic carbocycles. The van der Waals surface area contributed by atoms with Crippen molar-refractivity contribution >= 4 is 11.9 Å². The van der Waals surface area contributed by atoms with E-state index < -0.39 is 17.9 Å². The summed E-state index contributed by atoms with van der Waals surface area (Å²) in [4.78, 5) is 27.9. The van der Waals surface area contributed by atoms with E-state index in [1.165, 1.54) is 0 Å². The molecule has 0 radical (unpaired) electrons. The predicted octanol–water partition coefficient (Wildman–Crippen LogP) is 0.406. The molecule has 0 aliphatic heterocycles. The first-order chi connectivity index (χ1) is 10.6. The second-order valence-corrected chi connectivity index (χ2v) is 4.84. The second kappa shape index (κ2) is 10.7. The minimum atomic E-state index is -1.05. The summed E-state index contributed by atoms with van der Waals surface area (Å²) in [5.74, 6) is -1.47. The van der Waals surface area contributed by atoms with Crippen LogP contribution in [0.1, 0.15) is 24.8 Å². The number of hydrogen-bond donors (Lipinski definition) is 4. The van der Waals surface area contributed by atoms with Gasteiger partial charge in [0.15, 0.2) is 0 Å². The molecule has 5 N–H and O–H groups in total. The van der Waals surface area contributed by atoms with Gasteiger partial charge < -0.3 is 16.2 Å². The number of aliphatic carboxylic acids is 1. The van der Waals surface area contributed by atoms with E-state index in [9.17, 15) is 9.59 Å². The second-order valence-electron chi connectivity index (χ2n) is 4.84. The van der Waals surface area contributed by atoms with E-state index >= 15 is 0 Å². The smallest absolute Gasteiger partial charge is 0.326 e. The standard InChI is InChI=1S/C15H23N3O4/c16-9-5-4-8-13(15(20)21)18-14(19)10-17-22-11-12-6-2-1-3-7-12/h1-3,6-7,13,17H,4-5,8-11,16H2,(H,18,19)(H,20,21)/t13-/m0/s1. The zero-order valence-electron chi connectivity index (χ0n) is 12.5. The van der Waals surface area contributed by atoms with Crippen molar-refractivity contribution in [2.24, 2.45) is 5.73 Å². The number of carbonyl (C=O) groups is 2. The van der Waals surface area contributed by atoms with Gasteiger partial charge in [-0.05, 0) is 31.4 Å². The Morgan fingerprint density at radius 2 is 1.95 bits per heavy atom. The minimum absolute atomic E-state index is 0.104. The Bertz CT molecular complexity index is 453. The molecule has 0 bridgehead atoms. The molecular formula is C15H23N3O4. The normalized spacial score (nSPS) is 11.9.